The lowest BCUT2D eigenvalue weighted by molar-refractivity contribution is 0.290. The van der Waals surface area contributed by atoms with Crippen LogP contribution >= 0.6 is 0 Å². The summed E-state index contributed by atoms with van der Waals surface area (Å²) in [6.07, 6.45) is 3.68. The molecule has 0 N–H and O–H groups in total. The molecule has 5 nitrogen and oxygen atoms in total. The summed E-state index contributed by atoms with van der Waals surface area (Å²) in [5.41, 5.74) is 0.622. The summed E-state index contributed by atoms with van der Waals surface area (Å²) in [5.74, 6) is -0.739. The summed E-state index contributed by atoms with van der Waals surface area (Å²) in [7, 11) is 0. The first-order chi connectivity index (χ1) is 12.0. The second-order valence-corrected chi connectivity index (χ2v) is 7.37. The van der Waals surface area contributed by atoms with E-state index in [1.54, 1.807) is 10.6 Å². The number of rotatable bonds is 3. The van der Waals surface area contributed by atoms with Gasteiger partial charge in [0.25, 0.3) is 0 Å². The molecular weight excluding hydrogens is 328 g/mol. The third-order valence-corrected chi connectivity index (χ3v) is 5.60. The summed E-state index contributed by atoms with van der Waals surface area (Å²) in [6.45, 7) is 1.70. The van der Waals surface area contributed by atoms with Crippen molar-refractivity contribution >= 4 is 5.82 Å². The van der Waals surface area contributed by atoms with Crippen molar-refractivity contribution in [2.24, 2.45) is 5.41 Å². The minimum atomic E-state index is -0.919. The van der Waals surface area contributed by atoms with Gasteiger partial charge in [0.05, 0.1) is 0 Å². The highest BCUT2D eigenvalue weighted by molar-refractivity contribution is 5.49. The Labute approximate surface area is 142 Å². The van der Waals surface area contributed by atoms with Gasteiger partial charge in [0.15, 0.2) is 11.6 Å². The third kappa shape index (κ3) is 2.41. The highest BCUT2D eigenvalue weighted by atomic mass is 19.2. The first kappa shape index (κ1) is 14.9. The van der Waals surface area contributed by atoms with E-state index in [-0.39, 0.29) is 18.2 Å². The molecular formula is C18H17F2N3O2. The lowest BCUT2D eigenvalue weighted by atomic mass is 10.0. The molecule has 1 atom stereocenters. The Kier molecular flexibility index (Phi) is 2.99. The molecule has 1 spiro atoms. The minimum absolute atomic E-state index is 0.0282. The highest BCUT2D eigenvalue weighted by Gasteiger charge is 2.54. The molecule has 130 valence electrons. The van der Waals surface area contributed by atoms with Gasteiger partial charge in [0, 0.05) is 25.2 Å². The Hall–Kier alpha value is -2.44. The molecule has 1 saturated carbocycles. The molecule has 5 rings (SSSR count). The van der Waals surface area contributed by atoms with Gasteiger partial charge in [-0.3, -0.25) is 4.57 Å². The average Bonchev–Trinajstić information content (AvgIpc) is 3.11. The number of hydrogen-bond acceptors (Lipinski definition) is 4. The van der Waals surface area contributed by atoms with E-state index >= 15 is 0 Å². The van der Waals surface area contributed by atoms with Crippen LogP contribution < -0.4 is 15.3 Å². The molecule has 1 aliphatic carbocycles. The van der Waals surface area contributed by atoms with Gasteiger partial charge in [0.2, 0.25) is 5.88 Å². The molecule has 0 amide bonds. The fraction of sp³-hybridized carbons (Fsp3) is 0.444. The summed E-state index contributed by atoms with van der Waals surface area (Å²) in [4.78, 5) is 18.5. The Morgan fingerprint density at radius 2 is 2.08 bits per heavy atom. The normalized spacial score (nSPS) is 22.2. The van der Waals surface area contributed by atoms with E-state index in [1.807, 2.05) is 0 Å². The van der Waals surface area contributed by atoms with Gasteiger partial charge < -0.3 is 9.64 Å². The van der Waals surface area contributed by atoms with Crippen molar-refractivity contribution < 1.29 is 13.5 Å². The topological polar surface area (TPSA) is 47.4 Å². The molecule has 2 aliphatic heterocycles. The zero-order valence-corrected chi connectivity index (χ0v) is 13.5. The first-order valence-corrected chi connectivity index (χ1v) is 8.48. The maximum absolute atomic E-state index is 13.3. The summed E-state index contributed by atoms with van der Waals surface area (Å²) in [5, 5.41) is 0. The van der Waals surface area contributed by atoms with Crippen molar-refractivity contribution in [1.82, 2.24) is 9.55 Å². The van der Waals surface area contributed by atoms with Crippen LogP contribution in [0.1, 0.15) is 24.8 Å². The Morgan fingerprint density at radius 1 is 1.24 bits per heavy atom. The van der Waals surface area contributed by atoms with E-state index in [1.165, 1.54) is 18.9 Å². The SMILES string of the molecule is O=c1nc(OCc2ccc(F)c(F)c2)cc2n1CC1CC3(CC3)CN21. The molecule has 1 saturated heterocycles. The monoisotopic (exact) mass is 345 g/mol. The van der Waals surface area contributed by atoms with E-state index in [0.29, 0.717) is 23.6 Å². The van der Waals surface area contributed by atoms with E-state index < -0.39 is 11.6 Å². The highest BCUT2D eigenvalue weighted by Crippen LogP contribution is 2.57. The van der Waals surface area contributed by atoms with Crippen LogP contribution in [0.2, 0.25) is 0 Å². The van der Waals surface area contributed by atoms with Crippen molar-refractivity contribution in [2.75, 3.05) is 11.4 Å². The van der Waals surface area contributed by atoms with Crippen LogP contribution in [0.4, 0.5) is 14.6 Å². The number of ether oxygens (including phenoxy) is 1. The van der Waals surface area contributed by atoms with Crippen molar-refractivity contribution in [2.45, 2.75) is 38.5 Å². The third-order valence-electron chi connectivity index (χ3n) is 5.60. The molecule has 0 bridgehead atoms. The molecule has 1 aromatic heterocycles. The van der Waals surface area contributed by atoms with Gasteiger partial charge in [-0.2, -0.15) is 4.98 Å². The predicted octanol–water partition coefficient (Wildman–Crippen LogP) is 2.47. The first-order valence-electron chi connectivity index (χ1n) is 8.48. The molecule has 2 aromatic rings. The van der Waals surface area contributed by atoms with Gasteiger partial charge in [-0.1, -0.05) is 6.07 Å². The van der Waals surface area contributed by atoms with E-state index in [4.69, 9.17) is 4.74 Å². The Morgan fingerprint density at radius 3 is 2.84 bits per heavy atom. The maximum atomic E-state index is 13.3. The average molecular weight is 345 g/mol. The van der Waals surface area contributed by atoms with E-state index in [9.17, 15) is 13.6 Å². The maximum Gasteiger partial charge on any atom is 0.352 e. The zero-order chi connectivity index (χ0) is 17.2. The lowest BCUT2D eigenvalue weighted by Gasteiger charge is -2.18. The van der Waals surface area contributed by atoms with Crippen LogP contribution in [0.15, 0.2) is 29.1 Å². The van der Waals surface area contributed by atoms with Gasteiger partial charge in [-0.25, -0.2) is 13.6 Å². The van der Waals surface area contributed by atoms with Gasteiger partial charge >= 0.3 is 5.69 Å². The van der Waals surface area contributed by atoms with Crippen molar-refractivity contribution in [3.05, 3.63) is 51.9 Å². The van der Waals surface area contributed by atoms with Gasteiger partial charge in [-0.15, -0.1) is 0 Å². The smallest absolute Gasteiger partial charge is 0.352 e. The lowest BCUT2D eigenvalue weighted by Crippen LogP contribution is -2.25. The van der Waals surface area contributed by atoms with Crippen LogP contribution in [0.3, 0.4) is 0 Å². The van der Waals surface area contributed by atoms with Crippen LogP contribution in [0.25, 0.3) is 0 Å². The molecule has 0 radical (unpaired) electrons. The summed E-state index contributed by atoms with van der Waals surface area (Å²) >= 11 is 0. The second kappa shape index (κ2) is 5.03. The number of fused-ring (bicyclic) bond motifs is 3. The largest absolute Gasteiger partial charge is 0.473 e. The van der Waals surface area contributed by atoms with Gasteiger partial charge in [-0.05, 0) is 42.4 Å². The number of benzene rings is 1. The zero-order valence-electron chi connectivity index (χ0n) is 13.5. The molecule has 25 heavy (non-hydrogen) atoms. The van der Waals surface area contributed by atoms with Gasteiger partial charge in [0.1, 0.15) is 12.4 Å². The second-order valence-electron chi connectivity index (χ2n) is 7.37. The van der Waals surface area contributed by atoms with Crippen LogP contribution in [0, 0.1) is 17.0 Å². The van der Waals surface area contributed by atoms with Crippen molar-refractivity contribution in [1.29, 1.82) is 0 Å². The molecule has 1 aromatic carbocycles. The van der Waals surface area contributed by atoms with Crippen molar-refractivity contribution in [3.63, 3.8) is 0 Å². The van der Waals surface area contributed by atoms with Crippen LogP contribution in [-0.2, 0) is 13.2 Å². The molecule has 7 heteroatoms. The molecule has 3 aliphatic rings. The summed E-state index contributed by atoms with van der Waals surface area (Å²) in [6, 6.07) is 5.75. The molecule has 1 unspecified atom stereocenters. The molecule has 2 fully saturated rings. The number of anilines is 1. The standard InChI is InChI=1S/C18H17F2N3O2/c19-13-2-1-11(5-14(13)20)9-25-15-6-16-22(17(24)21-15)8-12-7-18(3-4-18)10-23(12)16/h1-2,5-6,12H,3-4,7-10H2. The summed E-state index contributed by atoms with van der Waals surface area (Å²) < 4.78 is 33.5. The van der Waals surface area contributed by atoms with Crippen molar-refractivity contribution in [3.8, 4) is 5.88 Å². The Balaban J connectivity index is 1.38. The van der Waals surface area contributed by atoms with E-state index in [2.05, 4.69) is 9.88 Å². The number of hydrogen-bond donors (Lipinski definition) is 0. The van der Waals surface area contributed by atoms with E-state index in [0.717, 1.165) is 30.9 Å². The predicted molar refractivity (Wildman–Crippen MR) is 86.6 cm³/mol. The quantitative estimate of drug-likeness (QED) is 0.857. The number of nitrogens with zero attached hydrogens (tertiary/aromatic N) is 3. The fourth-order valence-corrected chi connectivity index (χ4v) is 4.09. The minimum Gasteiger partial charge on any atom is -0.473 e. The number of halogens is 2. The number of aromatic nitrogens is 2. The van der Waals surface area contributed by atoms with Crippen LogP contribution in [-0.4, -0.2) is 22.1 Å². The molecule has 3 heterocycles. The fourth-order valence-electron chi connectivity index (χ4n) is 4.09. The Bertz CT molecular complexity index is 923. The van der Waals surface area contributed by atoms with Crippen LogP contribution in [0.5, 0.6) is 5.88 Å².